The number of rotatable bonds is 1. The Morgan fingerprint density at radius 2 is 1.80 bits per heavy atom. The Morgan fingerprint density at radius 3 is 2.40 bits per heavy atom. The highest BCUT2D eigenvalue weighted by atomic mass is 19.4. The molecule has 1 aromatic carbocycles. The van der Waals surface area contributed by atoms with Gasteiger partial charge in [0.25, 0.3) is 0 Å². The van der Waals surface area contributed by atoms with Gasteiger partial charge in [0.05, 0.1) is 17.3 Å². The van der Waals surface area contributed by atoms with Gasteiger partial charge in [-0.1, -0.05) is 0 Å². The van der Waals surface area contributed by atoms with Gasteiger partial charge in [-0.3, -0.25) is 0 Å². The van der Waals surface area contributed by atoms with Gasteiger partial charge < -0.3 is 5.73 Å². The average Bonchev–Trinajstić information content (AvgIpc) is 2.36. The molecule has 0 amide bonds. The Morgan fingerprint density at radius 1 is 1.10 bits per heavy atom. The molecule has 1 heterocycles. The maximum atomic E-state index is 13.3. The first-order chi connectivity index (χ1) is 9.29. The molecule has 4 nitrogen and oxygen atoms in total. The van der Waals surface area contributed by atoms with E-state index in [1.165, 1.54) is 6.07 Å². The summed E-state index contributed by atoms with van der Waals surface area (Å²) in [5, 5.41) is 8.72. The summed E-state index contributed by atoms with van der Waals surface area (Å²) in [5.74, 6) is -2.58. The van der Waals surface area contributed by atoms with Crippen molar-refractivity contribution in [2.24, 2.45) is 0 Å². The van der Waals surface area contributed by atoms with Gasteiger partial charge in [-0.05, 0) is 18.2 Å². The summed E-state index contributed by atoms with van der Waals surface area (Å²) in [4.78, 5) is 6.38. The number of nitrogen functional groups attached to an aromatic ring is 1. The molecule has 0 spiro atoms. The number of halogens is 4. The van der Waals surface area contributed by atoms with Crippen molar-refractivity contribution in [1.29, 1.82) is 5.26 Å². The molecular weight excluding hydrogens is 276 g/mol. The van der Waals surface area contributed by atoms with Gasteiger partial charge in [-0.25, -0.2) is 14.4 Å². The SMILES string of the molecule is N#Cc1cc(F)cc(-c2cc(N)nc(C(F)(F)F)n2)c1. The van der Waals surface area contributed by atoms with Crippen molar-refractivity contribution in [2.75, 3.05) is 5.73 Å². The molecule has 0 aliphatic carbocycles. The van der Waals surface area contributed by atoms with Crippen LogP contribution in [0.4, 0.5) is 23.4 Å². The Balaban J connectivity index is 2.62. The zero-order valence-corrected chi connectivity index (χ0v) is 9.74. The third kappa shape index (κ3) is 2.83. The first kappa shape index (κ1) is 13.7. The zero-order valence-electron chi connectivity index (χ0n) is 9.74. The van der Waals surface area contributed by atoms with Gasteiger partial charge in [-0.15, -0.1) is 0 Å². The van der Waals surface area contributed by atoms with Crippen LogP contribution in [0.25, 0.3) is 11.3 Å². The van der Waals surface area contributed by atoms with E-state index in [0.29, 0.717) is 0 Å². The topological polar surface area (TPSA) is 75.6 Å². The van der Waals surface area contributed by atoms with Crippen molar-refractivity contribution in [3.8, 4) is 17.3 Å². The maximum Gasteiger partial charge on any atom is 0.451 e. The lowest BCUT2D eigenvalue weighted by molar-refractivity contribution is -0.144. The van der Waals surface area contributed by atoms with Crippen LogP contribution in [-0.4, -0.2) is 9.97 Å². The minimum Gasteiger partial charge on any atom is -0.384 e. The molecule has 0 aliphatic rings. The monoisotopic (exact) mass is 282 g/mol. The van der Waals surface area contributed by atoms with Crippen LogP contribution in [0.15, 0.2) is 24.3 Å². The number of anilines is 1. The van der Waals surface area contributed by atoms with E-state index in [1.54, 1.807) is 6.07 Å². The number of nitriles is 1. The first-order valence-corrected chi connectivity index (χ1v) is 5.22. The highest BCUT2D eigenvalue weighted by Crippen LogP contribution is 2.29. The minimum atomic E-state index is -4.77. The number of nitrogens with zero attached hydrogens (tertiary/aromatic N) is 3. The van der Waals surface area contributed by atoms with Crippen LogP contribution in [0.1, 0.15) is 11.4 Å². The highest BCUT2D eigenvalue weighted by molar-refractivity contribution is 5.64. The lowest BCUT2D eigenvalue weighted by Gasteiger charge is -2.08. The van der Waals surface area contributed by atoms with Crippen molar-refractivity contribution in [3.63, 3.8) is 0 Å². The molecule has 0 bridgehead atoms. The third-order valence-corrected chi connectivity index (χ3v) is 2.32. The first-order valence-electron chi connectivity index (χ1n) is 5.22. The van der Waals surface area contributed by atoms with E-state index >= 15 is 0 Å². The van der Waals surface area contributed by atoms with Crippen LogP contribution < -0.4 is 5.73 Å². The molecule has 0 saturated heterocycles. The van der Waals surface area contributed by atoms with E-state index in [0.717, 1.165) is 18.2 Å². The second-order valence-corrected chi connectivity index (χ2v) is 3.84. The normalized spacial score (nSPS) is 11.2. The molecule has 1 aromatic heterocycles. The smallest absolute Gasteiger partial charge is 0.384 e. The molecule has 0 atom stereocenters. The van der Waals surface area contributed by atoms with Gasteiger partial charge in [0.2, 0.25) is 5.82 Å². The molecule has 0 fully saturated rings. The Hall–Kier alpha value is -2.69. The quantitative estimate of drug-likeness (QED) is 0.816. The number of nitrogens with two attached hydrogens (primary N) is 1. The second-order valence-electron chi connectivity index (χ2n) is 3.84. The van der Waals surface area contributed by atoms with Crippen LogP contribution in [0.2, 0.25) is 0 Å². The number of benzene rings is 1. The van der Waals surface area contributed by atoms with Gasteiger partial charge >= 0.3 is 6.18 Å². The van der Waals surface area contributed by atoms with Gasteiger partial charge in [-0.2, -0.15) is 18.4 Å². The van der Waals surface area contributed by atoms with Crippen molar-refractivity contribution in [1.82, 2.24) is 9.97 Å². The Labute approximate surface area is 110 Å². The van der Waals surface area contributed by atoms with Gasteiger partial charge in [0, 0.05) is 11.6 Å². The molecule has 0 radical (unpaired) electrons. The van der Waals surface area contributed by atoms with Crippen LogP contribution >= 0.6 is 0 Å². The van der Waals surface area contributed by atoms with Crippen molar-refractivity contribution in [2.45, 2.75) is 6.18 Å². The summed E-state index contributed by atoms with van der Waals surface area (Å²) >= 11 is 0. The summed E-state index contributed by atoms with van der Waals surface area (Å²) in [7, 11) is 0. The van der Waals surface area contributed by atoms with Crippen LogP contribution in [0, 0.1) is 17.1 Å². The molecule has 2 N–H and O–H groups in total. The van der Waals surface area contributed by atoms with E-state index in [-0.39, 0.29) is 16.8 Å². The van der Waals surface area contributed by atoms with E-state index < -0.39 is 23.6 Å². The third-order valence-electron chi connectivity index (χ3n) is 2.32. The second kappa shape index (κ2) is 4.77. The predicted molar refractivity (Wildman–Crippen MR) is 61.6 cm³/mol. The summed E-state index contributed by atoms with van der Waals surface area (Å²) in [6, 6.07) is 5.91. The molecule has 0 aliphatic heterocycles. The standard InChI is InChI=1S/C12H6F4N4/c13-8-2-6(5-17)1-7(3-8)9-4-10(18)20-11(19-9)12(14,15)16/h1-4H,(H2,18,19,20). The van der Waals surface area contributed by atoms with E-state index in [2.05, 4.69) is 9.97 Å². The Kier molecular flexibility index (Phi) is 3.28. The summed E-state index contributed by atoms with van der Waals surface area (Å²) in [5.41, 5.74) is 5.06. The number of hydrogen-bond acceptors (Lipinski definition) is 4. The molecule has 8 heteroatoms. The molecule has 0 saturated carbocycles. The summed E-state index contributed by atoms with van der Waals surface area (Å²) in [6.45, 7) is 0. The summed E-state index contributed by atoms with van der Waals surface area (Å²) in [6.07, 6.45) is -4.77. The average molecular weight is 282 g/mol. The fraction of sp³-hybridized carbons (Fsp3) is 0.0833. The lowest BCUT2D eigenvalue weighted by atomic mass is 10.1. The Bertz CT molecular complexity index is 704. The number of hydrogen-bond donors (Lipinski definition) is 1. The fourth-order valence-corrected chi connectivity index (χ4v) is 1.54. The van der Waals surface area contributed by atoms with Crippen LogP contribution in [0.3, 0.4) is 0 Å². The van der Waals surface area contributed by atoms with Crippen molar-refractivity contribution >= 4 is 5.82 Å². The van der Waals surface area contributed by atoms with E-state index in [9.17, 15) is 17.6 Å². The van der Waals surface area contributed by atoms with E-state index in [4.69, 9.17) is 11.0 Å². The zero-order chi connectivity index (χ0) is 14.9. The molecule has 2 aromatic rings. The van der Waals surface area contributed by atoms with Crippen molar-refractivity contribution < 1.29 is 17.6 Å². The molecule has 102 valence electrons. The van der Waals surface area contributed by atoms with Crippen LogP contribution in [-0.2, 0) is 6.18 Å². The maximum absolute atomic E-state index is 13.3. The van der Waals surface area contributed by atoms with Gasteiger partial charge in [0.1, 0.15) is 11.6 Å². The van der Waals surface area contributed by atoms with Crippen LogP contribution in [0.5, 0.6) is 0 Å². The number of aromatic nitrogens is 2. The molecule has 20 heavy (non-hydrogen) atoms. The molecule has 2 rings (SSSR count). The highest BCUT2D eigenvalue weighted by Gasteiger charge is 2.35. The van der Waals surface area contributed by atoms with E-state index in [1.807, 2.05) is 0 Å². The minimum absolute atomic E-state index is 0.0150. The van der Waals surface area contributed by atoms with Crippen molar-refractivity contribution in [3.05, 3.63) is 41.5 Å². The number of alkyl halides is 3. The largest absolute Gasteiger partial charge is 0.451 e. The predicted octanol–water partition coefficient (Wildman–Crippen LogP) is 2.76. The summed E-state index contributed by atoms with van der Waals surface area (Å²) < 4.78 is 51.0. The van der Waals surface area contributed by atoms with Gasteiger partial charge in [0.15, 0.2) is 0 Å². The fourth-order valence-electron chi connectivity index (χ4n) is 1.54. The lowest BCUT2D eigenvalue weighted by Crippen LogP contribution is -2.13. The molecule has 0 unspecified atom stereocenters. The molecular formula is C12H6F4N4.